The largest absolute Gasteiger partial charge is 0.456 e. The summed E-state index contributed by atoms with van der Waals surface area (Å²) in [7, 11) is 1.97. The first-order chi connectivity index (χ1) is 10.8. The van der Waals surface area contributed by atoms with Crippen LogP contribution in [0.2, 0.25) is 5.02 Å². The first kappa shape index (κ1) is 19.5. The number of para-hydroxylation sites is 1. The predicted octanol–water partition coefficient (Wildman–Crippen LogP) is 5.79. The molecule has 124 valence electrons. The van der Waals surface area contributed by atoms with E-state index in [9.17, 15) is 0 Å². The van der Waals surface area contributed by atoms with Gasteiger partial charge in [-0.3, -0.25) is 0 Å². The third-order valence-electron chi connectivity index (χ3n) is 3.11. The average Bonchev–Trinajstić information content (AvgIpc) is 2.52. The fourth-order valence-corrected chi connectivity index (χ4v) is 1.89. The van der Waals surface area contributed by atoms with Gasteiger partial charge in [0.1, 0.15) is 11.5 Å². The van der Waals surface area contributed by atoms with Crippen LogP contribution in [-0.4, -0.2) is 24.8 Å². The molecule has 23 heavy (non-hydrogen) atoms. The van der Waals surface area contributed by atoms with Crippen molar-refractivity contribution in [1.82, 2.24) is 4.90 Å². The SMILES string of the molecule is C=C(Oc1ccccc1Cl)\C(C)=C/C(/N=C/N(C)CC)=C(\C)Br. The summed E-state index contributed by atoms with van der Waals surface area (Å²) in [6.07, 6.45) is 3.71. The van der Waals surface area contributed by atoms with E-state index >= 15 is 0 Å². The number of nitrogens with zero attached hydrogens (tertiary/aromatic N) is 2. The van der Waals surface area contributed by atoms with Crippen LogP contribution in [-0.2, 0) is 0 Å². The molecular formula is C18H22BrClN2O. The van der Waals surface area contributed by atoms with E-state index in [4.69, 9.17) is 16.3 Å². The Hall–Kier alpha value is -1.52. The molecule has 0 spiro atoms. The molecule has 0 heterocycles. The molecule has 0 aromatic heterocycles. The van der Waals surface area contributed by atoms with Gasteiger partial charge in [-0.05, 0) is 44.6 Å². The molecule has 1 aromatic rings. The number of ether oxygens (including phenoxy) is 1. The lowest BCUT2D eigenvalue weighted by molar-refractivity contribution is 0.439. The third-order valence-corrected chi connectivity index (χ3v) is 3.83. The topological polar surface area (TPSA) is 24.8 Å². The summed E-state index contributed by atoms with van der Waals surface area (Å²) in [6, 6.07) is 7.31. The van der Waals surface area contributed by atoms with E-state index in [0.29, 0.717) is 16.5 Å². The van der Waals surface area contributed by atoms with Gasteiger partial charge in [0, 0.05) is 18.1 Å². The molecule has 0 aliphatic heterocycles. The molecule has 1 aromatic carbocycles. The highest BCUT2D eigenvalue weighted by Crippen LogP contribution is 2.27. The zero-order valence-electron chi connectivity index (χ0n) is 13.9. The first-order valence-corrected chi connectivity index (χ1v) is 8.43. The zero-order valence-corrected chi connectivity index (χ0v) is 16.3. The molecule has 0 amide bonds. The van der Waals surface area contributed by atoms with Crippen LogP contribution < -0.4 is 4.74 Å². The minimum atomic E-state index is 0.531. The molecular weight excluding hydrogens is 376 g/mol. The molecule has 0 fully saturated rings. The molecule has 1 rings (SSSR count). The van der Waals surface area contributed by atoms with E-state index in [1.807, 2.05) is 50.1 Å². The molecule has 0 bridgehead atoms. The van der Waals surface area contributed by atoms with Gasteiger partial charge in [0.05, 0.1) is 17.1 Å². The number of hydrogen-bond donors (Lipinski definition) is 0. The minimum Gasteiger partial charge on any atom is -0.456 e. The van der Waals surface area contributed by atoms with Crippen LogP contribution in [0.1, 0.15) is 20.8 Å². The Kier molecular flexibility index (Phi) is 8.13. The Labute approximate surface area is 152 Å². The van der Waals surface area contributed by atoms with Crippen molar-refractivity contribution < 1.29 is 4.74 Å². The highest BCUT2D eigenvalue weighted by atomic mass is 79.9. The summed E-state index contributed by atoms with van der Waals surface area (Å²) in [5, 5.41) is 0.552. The summed E-state index contributed by atoms with van der Waals surface area (Å²) >= 11 is 9.58. The van der Waals surface area contributed by atoms with Gasteiger partial charge < -0.3 is 9.64 Å². The van der Waals surface area contributed by atoms with Crippen molar-refractivity contribution >= 4 is 33.9 Å². The van der Waals surface area contributed by atoms with Gasteiger partial charge in [0.2, 0.25) is 0 Å². The monoisotopic (exact) mass is 396 g/mol. The zero-order chi connectivity index (χ0) is 17.4. The minimum absolute atomic E-state index is 0.531. The second kappa shape index (κ2) is 9.58. The maximum atomic E-state index is 6.10. The number of hydrogen-bond acceptors (Lipinski definition) is 2. The highest BCUT2D eigenvalue weighted by Gasteiger charge is 2.06. The van der Waals surface area contributed by atoms with Gasteiger partial charge in [-0.15, -0.1) is 0 Å². The smallest absolute Gasteiger partial charge is 0.145 e. The lowest BCUT2D eigenvalue weighted by Gasteiger charge is -2.12. The number of rotatable bonds is 7. The van der Waals surface area contributed by atoms with Crippen LogP contribution in [0.25, 0.3) is 0 Å². The van der Waals surface area contributed by atoms with Crippen LogP contribution in [0.3, 0.4) is 0 Å². The van der Waals surface area contributed by atoms with E-state index in [1.54, 1.807) is 12.4 Å². The normalized spacial score (nSPS) is 13.0. The van der Waals surface area contributed by atoms with Crippen LogP contribution in [0, 0.1) is 0 Å². The third kappa shape index (κ3) is 6.63. The van der Waals surface area contributed by atoms with Gasteiger partial charge in [-0.2, -0.15) is 0 Å². The van der Waals surface area contributed by atoms with Crippen molar-refractivity contribution in [2.45, 2.75) is 20.8 Å². The summed E-state index contributed by atoms with van der Waals surface area (Å²) in [5.74, 6) is 1.12. The van der Waals surface area contributed by atoms with E-state index in [-0.39, 0.29) is 0 Å². The van der Waals surface area contributed by atoms with E-state index < -0.39 is 0 Å². The summed E-state index contributed by atoms with van der Waals surface area (Å²) in [5.41, 5.74) is 1.68. The van der Waals surface area contributed by atoms with Crippen molar-refractivity contribution in [3.05, 3.63) is 63.5 Å². The van der Waals surface area contributed by atoms with Crippen molar-refractivity contribution in [1.29, 1.82) is 0 Å². The fraction of sp³-hybridized carbons (Fsp3) is 0.278. The molecule has 0 unspecified atom stereocenters. The fourth-order valence-electron chi connectivity index (χ4n) is 1.49. The molecule has 0 aliphatic rings. The molecule has 5 heteroatoms. The Morgan fingerprint density at radius 1 is 1.39 bits per heavy atom. The lowest BCUT2D eigenvalue weighted by atomic mass is 10.2. The second-order valence-corrected chi connectivity index (χ2v) is 6.62. The predicted molar refractivity (Wildman–Crippen MR) is 103 cm³/mol. The van der Waals surface area contributed by atoms with E-state index in [0.717, 1.165) is 22.3 Å². The van der Waals surface area contributed by atoms with Crippen LogP contribution in [0.5, 0.6) is 5.75 Å². The standard InChI is InChI=1S/C18H22BrClN2O/c1-6-22(5)12-21-17(14(3)19)11-13(2)15(4)23-18-10-8-7-9-16(18)20/h7-12H,4,6H2,1-3,5H3/b13-11-,17-14-,21-12+. The van der Waals surface area contributed by atoms with E-state index in [1.165, 1.54) is 0 Å². The number of benzene rings is 1. The molecule has 0 atom stereocenters. The Balaban J connectivity index is 2.92. The highest BCUT2D eigenvalue weighted by molar-refractivity contribution is 9.11. The maximum absolute atomic E-state index is 6.10. The number of aliphatic imine (C=N–C) groups is 1. The van der Waals surface area contributed by atoms with Gasteiger partial charge >= 0.3 is 0 Å². The van der Waals surface area contributed by atoms with Gasteiger partial charge in [0.15, 0.2) is 0 Å². The Morgan fingerprint density at radius 3 is 2.61 bits per heavy atom. The molecule has 0 saturated carbocycles. The number of halogens is 2. The van der Waals surface area contributed by atoms with Gasteiger partial charge in [-0.25, -0.2) is 4.99 Å². The molecule has 3 nitrogen and oxygen atoms in total. The summed E-state index contributed by atoms with van der Waals surface area (Å²) in [6.45, 7) is 10.8. The number of allylic oxidation sites excluding steroid dienone is 3. The van der Waals surface area contributed by atoms with Crippen molar-refractivity contribution in [2.75, 3.05) is 13.6 Å². The first-order valence-electron chi connectivity index (χ1n) is 7.26. The quantitative estimate of drug-likeness (QED) is 0.252. The van der Waals surface area contributed by atoms with Crippen LogP contribution >= 0.6 is 27.5 Å². The van der Waals surface area contributed by atoms with Crippen LogP contribution in [0.4, 0.5) is 0 Å². The van der Waals surface area contributed by atoms with Crippen molar-refractivity contribution in [3.8, 4) is 5.75 Å². The van der Waals surface area contributed by atoms with Gasteiger partial charge in [0.25, 0.3) is 0 Å². The van der Waals surface area contributed by atoms with Crippen LogP contribution in [0.15, 0.2) is 63.4 Å². The maximum Gasteiger partial charge on any atom is 0.145 e. The Morgan fingerprint density at radius 2 is 2.04 bits per heavy atom. The molecule has 0 saturated heterocycles. The van der Waals surface area contributed by atoms with Crippen molar-refractivity contribution in [3.63, 3.8) is 0 Å². The molecule has 0 aliphatic carbocycles. The molecule has 0 N–H and O–H groups in total. The lowest BCUT2D eigenvalue weighted by Crippen LogP contribution is -2.14. The summed E-state index contributed by atoms with van der Waals surface area (Å²) in [4.78, 5) is 6.47. The Bertz CT molecular complexity index is 646. The molecule has 0 radical (unpaired) electrons. The summed E-state index contributed by atoms with van der Waals surface area (Å²) < 4.78 is 6.67. The second-order valence-electron chi connectivity index (χ2n) is 5.02. The van der Waals surface area contributed by atoms with E-state index in [2.05, 4.69) is 34.4 Å². The van der Waals surface area contributed by atoms with Crippen molar-refractivity contribution in [2.24, 2.45) is 4.99 Å². The average molecular weight is 398 g/mol. The van der Waals surface area contributed by atoms with Gasteiger partial charge in [-0.1, -0.05) is 46.2 Å².